The summed E-state index contributed by atoms with van der Waals surface area (Å²) >= 11 is 1.58. The van der Waals surface area contributed by atoms with Gasteiger partial charge in [-0.25, -0.2) is 0 Å². The van der Waals surface area contributed by atoms with E-state index < -0.39 is 0 Å². The van der Waals surface area contributed by atoms with Gasteiger partial charge in [-0.2, -0.15) is 4.98 Å². The lowest BCUT2D eigenvalue weighted by Gasteiger charge is -2.30. The number of piperidine rings is 1. The normalized spacial score (nSPS) is 18.3. The number of amides is 1. The van der Waals surface area contributed by atoms with Crippen molar-refractivity contribution >= 4 is 17.2 Å². The van der Waals surface area contributed by atoms with Crippen molar-refractivity contribution in [2.75, 3.05) is 13.1 Å². The van der Waals surface area contributed by atoms with Gasteiger partial charge in [0.25, 0.3) is 5.91 Å². The van der Waals surface area contributed by atoms with Gasteiger partial charge in [-0.1, -0.05) is 11.2 Å². The molecule has 118 valence electrons. The van der Waals surface area contributed by atoms with E-state index in [2.05, 4.69) is 10.1 Å². The third-order valence-corrected chi connectivity index (χ3v) is 4.84. The fourth-order valence-corrected chi connectivity index (χ4v) is 3.48. The Morgan fingerprint density at radius 1 is 1.35 bits per heavy atom. The Kier molecular flexibility index (Phi) is 3.70. The van der Waals surface area contributed by atoms with Crippen LogP contribution >= 0.6 is 11.3 Å². The van der Waals surface area contributed by atoms with Gasteiger partial charge in [0, 0.05) is 13.1 Å². The first-order valence-electron chi connectivity index (χ1n) is 7.51. The van der Waals surface area contributed by atoms with Crippen LogP contribution in [0.4, 0.5) is 0 Å². The first-order chi connectivity index (χ1) is 11.3. The van der Waals surface area contributed by atoms with Crippen molar-refractivity contribution < 1.29 is 13.7 Å². The Morgan fingerprint density at radius 3 is 3.09 bits per heavy atom. The SMILES string of the molecule is O=C(c1ccco1)N1CCC[C@@H](c2nc(-c3cccs3)no2)C1. The van der Waals surface area contributed by atoms with Gasteiger partial charge < -0.3 is 13.8 Å². The van der Waals surface area contributed by atoms with Crippen LogP contribution in [0.3, 0.4) is 0 Å². The summed E-state index contributed by atoms with van der Waals surface area (Å²) in [6.45, 7) is 1.30. The Balaban J connectivity index is 1.50. The number of carbonyl (C=O) groups excluding carboxylic acids is 1. The van der Waals surface area contributed by atoms with E-state index in [0.717, 1.165) is 24.3 Å². The lowest BCUT2D eigenvalue weighted by molar-refractivity contribution is 0.0663. The van der Waals surface area contributed by atoms with Crippen molar-refractivity contribution in [2.45, 2.75) is 18.8 Å². The molecule has 0 aromatic carbocycles. The Hall–Kier alpha value is -2.41. The highest BCUT2D eigenvalue weighted by atomic mass is 32.1. The van der Waals surface area contributed by atoms with Gasteiger partial charge in [0.05, 0.1) is 17.1 Å². The number of furan rings is 1. The van der Waals surface area contributed by atoms with Crippen molar-refractivity contribution in [3.63, 3.8) is 0 Å². The molecular weight excluding hydrogens is 314 g/mol. The standard InChI is InChI=1S/C16H15N3O3S/c20-16(12-5-2-8-21-12)19-7-1-4-11(10-19)15-17-14(18-22-15)13-6-3-9-23-13/h2-3,5-6,8-9,11H,1,4,7,10H2/t11-/m1/s1. The molecule has 1 amide bonds. The predicted octanol–water partition coefficient (Wildman–Crippen LogP) is 3.41. The maximum Gasteiger partial charge on any atom is 0.289 e. The summed E-state index contributed by atoms with van der Waals surface area (Å²) in [7, 11) is 0. The van der Waals surface area contributed by atoms with E-state index in [-0.39, 0.29) is 11.8 Å². The highest BCUT2D eigenvalue weighted by Gasteiger charge is 2.30. The van der Waals surface area contributed by atoms with Gasteiger partial charge in [0.15, 0.2) is 5.76 Å². The molecule has 1 fully saturated rings. The molecule has 0 spiro atoms. The van der Waals surface area contributed by atoms with Crippen molar-refractivity contribution in [1.29, 1.82) is 0 Å². The molecule has 4 heterocycles. The van der Waals surface area contributed by atoms with Crippen LogP contribution in [0.1, 0.15) is 35.2 Å². The highest BCUT2D eigenvalue weighted by Crippen LogP contribution is 2.29. The molecule has 0 saturated carbocycles. The van der Waals surface area contributed by atoms with E-state index >= 15 is 0 Å². The minimum Gasteiger partial charge on any atom is -0.459 e. The summed E-state index contributed by atoms with van der Waals surface area (Å²) in [5.41, 5.74) is 0. The molecule has 1 atom stereocenters. The number of rotatable bonds is 3. The van der Waals surface area contributed by atoms with Crippen molar-refractivity contribution in [3.8, 4) is 10.7 Å². The minimum absolute atomic E-state index is 0.0730. The maximum absolute atomic E-state index is 12.4. The van der Waals surface area contributed by atoms with Gasteiger partial charge in [-0.3, -0.25) is 4.79 Å². The summed E-state index contributed by atoms with van der Waals surface area (Å²) in [5, 5.41) is 6.04. The Labute approximate surface area is 136 Å². The van der Waals surface area contributed by atoms with Gasteiger partial charge >= 0.3 is 0 Å². The van der Waals surface area contributed by atoms with E-state index in [1.165, 1.54) is 6.26 Å². The zero-order valence-electron chi connectivity index (χ0n) is 12.3. The number of thiophene rings is 1. The van der Waals surface area contributed by atoms with Gasteiger partial charge in [-0.05, 0) is 36.4 Å². The minimum atomic E-state index is -0.0855. The molecule has 0 aliphatic carbocycles. The molecule has 3 aromatic heterocycles. The predicted molar refractivity (Wildman–Crippen MR) is 84.2 cm³/mol. The average Bonchev–Trinajstić information content (AvgIpc) is 3.36. The first-order valence-corrected chi connectivity index (χ1v) is 8.39. The molecule has 1 saturated heterocycles. The van der Waals surface area contributed by atoms with E-state index in [1.54, 1.807) is 28.4 Å². The molecular formula is C16H15N3O3S. The third-order valence-electron chi connectivity index (χ3n) is 3.97. The molecule has 6 nitrogen and oxygen atoms in total. The number of carbonyl (C=O) groups is 1. The van der Waals surface area contributed by atoms with Crippen LogP contribution in [0.15, 0.2) is 44.8 Å². The van der Waals surface area contributed by atoms with E-state index in [0.29, 0.717) is 24.0 Å². The molecule has 7 heteroatoms. The molecule has 0 radical (unpaired) electrons. The summed E-state index contributed by atoms with van der Waals surface area (Å²) in [4.78, 5) is 19.7. The lowest BCUT2D eigenvalue weighted by Crippen LogP contribution is -2.39. The Bertz CT molecular complexity index is 779. The number of aromatic nitrogens is 2. The van der Waals surface area contributed by atoms with Crippen molar-refractivity contribution in [3.05, 3.63) is 47.6 Å². The van der Waals surface area contributed by atoms with E-state index in [9.17, 15) is 4.79 Å². The molecule has 23 heavy (non-hydrogen) atoms. The molecule has 0 N–H and O–H groups in total. The topological polar surface area (TPSA) is 72.4 Å². The molecule has 0 bridgehead atoms. The second-order valence-electron chi connectivity index (χ2n) is 5.50. The summed E-state index contributed by atoms with van der Waals surface area (Å²) in [6.07, 6.45) is 3.36. The summed E-state index contributed by atoms with van der Waals surface area (Å²) < 4.78 is 10.6. The molecule has 1 aliphatic rings. The monoisotopic (exact) mass is 329 g/mol. The fourth-order valence-electron chi connectivity index (χ4n) is 2.83. The summed E-state index contributed by atoms with van der Waals surface area (Å²) in [6, 6.07) is 7.33. The van der Waals surface area contributed by atoms with Gasteiger partial charge in [0.1, 0.15) is 0 Å². The van der Waals surface area contributed by atoms with Crippen molar-refractivity contribution in [1.82, 2.24) is 15.0 Å². The Morgan fingerprint density at radius 2 is 2.30 bits per heavy atom. The third kappa shape index (κ3) is 2.79. The van der Waals surface area contributed by atoms with Crippen LogP contribution in [0.5, 0.6) is 0 Å². The van der Waals surface area contributed by atoms with Crippen LogP contribution < -0.4 is 0 Å². The highest BCUT2D eigenvalue weighted by molar-refractivity contribution is 7.13. The first kappa shape index (κ1) is 14.2. The quantitative estimate of drug-likeness (QED) is 0.736. The average molecular weight is 329 g/mol. The smallest absolute Gasteiger partial charge is 0.289 e. The summed E-state index contributed by atoms with van der Waals surface area (Å²) in [5.74, 6) is 1.58. The second kappa shape index (κ2) is 6.00. The van der Waals surface area contributed by atoms with Crippen LogP contribution in [0.2, 0.25) is 0 Å². The van der Waals surface area contributed by atoms with Crippen LogP contribution in [0, 0.1) is 0 Å². The van der Waals surface area contributed by atoms with Gasteiger partial charge in [-0.15, -0.1) is 11.3 Å². The van der Waals surface area contributed by atoms with Crippen LogP contribution in [-0.4, -0.2) is 34.0 Å². The molecule has 3 aromatic rings. The lowest BCUT2D eigenvalue weighted by atomic mass is 9.98. The number of nitrogens with zero attached hydrogens (tertiary/aromatic N) is 3. The molecule has 1 aliphatic heterocycles. The zero-order chi connectivity index (χ0) is 15.6. The van der Waals surface area contributed by atoms with Crippen molar-refractivity contribution in [2.24, 2.45) is 0 Å². The largest absolute Gasteiger partial charge is 0.459 e. The van der Waals surface area contributed by atoms with Crippen LogP contribution in [0.25, 0.3) is 10.7 Å². The van der Waals surface area contributed by atoms with E-state index in [1.807, 2.05) is 17.5 Å². The molecule has 4 rings (SSSR count). The maximum atomic E-state index is 12.4. The van der Waals surface area contributed by atoms with E-state index in [4.69, 9.17) is 8.94 Å². The van der Waals surface area contributed by atoms with Crippen LogP contribution in [-0.2, 0) is 0 Å². The number of hydrogen-bond donors (Lipinski definition) is 0. The molecule has 0 unspecified atom stereocenters. The zero-order valence-corrected chi connectivity index (χ0v) is 13.2. The fraction of sp³-hybridized carbons (Fsp3) is 0.312. The number of likely N-dealkylation sites (tertiary alicyclic amines) is 1. The van der Waals surface area contributed by atoms with Gasteiger partial charge in [0.2, 0.25) is 11.7 Å². The number of hydrogen-bond acceptors (Lipinski definition) is 6. The second-order valence-corrected chi connectivity index (χ2v) is 6.45.